The lowest BCUT2D eigenvalue weighted by Crippen LogP contribution is -2.28. The third-order valence-corrected chi connectivity index (χ3v) is 4.86. The molecule has 0 unspecified atom stereocenters. The molecule has 0 saturated carbocycles. The van der Waals surface area contributed by atoms with Gasteiger partial charge in [-0.05, 0) is 61.7 Å². The molecule has 0 spiro atoms. The summed E-state index contributed by atoms with van der Waals surface area (Å²) >= 11 is 6.16. The molecule has 0 radical (unpaired) electrons. The van der Waals surface area contributed by atoms with Gasteiger partial charge in [0.25, 0.3) is 0 Å². The van der Waals surface area contributed by atoms with Crippen molar-refractivity contribution in [3.8, 4) is 0 Å². The Morgan fingerprint density at radius 3 is 2.44 bits per heavy atom. The molecule has 130 valence electrons. The molecule has 3 rings (SSSR count). The standard InChI is InChI=1S/C20H21ClN2O2/c1-12-6-13(2)8-16(7-12)22-20(25)15-9-19(24)23(11-15)17-5-4-14(3)18(21)10-17/h4-8,10,15H,9,11H2,1-3H3,(H,22,25)/t15-/m0/s1. The summed E-state index contributed by atoms with van der Waals surface area (Å²) in [7, 11) is 0. The summed E-state index contributed by atoms with van der Waals surface area (Å²) in [4.78, 5) is 26.6. The van der Waals surface area contributed by atoms with Gasteiger partial charge < -0.3 is 10.2 Å². The minimum absolute atomic E-state index is 0.0551. The number of hydrogen-bond acceptors (Lipinski definition) is 2. The lowest BCUT2D eigenvalue weighted by Gasteiger charge is -2.17. The Labute approximate surface area is 152 Å². The normalized spacial score (nSPS) is 17.0. The maximum Gasteiger partial charge on any atom is 0.229 e. The molecule has 25 heavy (non-hydrogen) atoms. The topological polar surface area (TPSA) is 49.4 Å². The highest BCUT2D eigenvalue weighted by atomic mass is 35.5. The van der Waals surface area contributed by atoms with Gasteiger partial charge in [0.05, 0.1) is 5.92 Å². The lowest BCUT2D eigenvalue weighted by atomic mass is 10.1. The van der Waals surface area contributed by atoms with Gasteiger partial charge in [0.15, 0.2) is 0 Å². The van der Waals surface area contributed by atoms with E-state index < -0.39 is 0 Å². The van der Waals surface area contributed by atoms with Crippen molar-refractivity contribution in [2.45, 2.75) is 27.2 Å². The number of nitrogens with zero attached hydrogens (tertiary/aromatic N) is 1. The largest absolute Gasteiger partial charge is 0.326 e. The number of aryl methyl sites for hydroxylation is 3. The summed E-state index contributed by atoms with van der Waals surface area (Å²) in [5.41, 5.74) is 4.65. The van der Waals surface area contributed by atoms with Gasteiger partial charge in [0.2, 0.25) is 11.8 Å². The fourth-order valence-electron chi connectivity index (χ4n) is 3.17. The second-order valence-corrected chi connectivity index (χ2v) is 7.11. The Bertz CT molecular complexity index is 827. The van der Waals surface area contributed by atoms with Crippen LogP contribution in [0.5, 0.6) is 0 Å². The zero-order chi connectivity index (χ0) is 18.1. The molecule has 1 aliphatic heterocycles. The molecule has 2 amide bonds. The van der Waals surface area contributed by atoms with E-state index in [2.05, 4.69) is 11.4 Å². The third-order valence-electron chi connectivity index (χ3n) is 4.45. The van der Waals surface area contributed by atoms with E-state index in [0.29, 0.717) is 11.6 Å². The van der Waals surface area contributed by atoms with Gasteiger partial charge in [0.1, 0.15) is 0 Å². The van der Waals surface area contributed by atoms with E-state index in [-0.39, 0.29) is 24.2 Å². The van der Waals surface area contributed by atoms with Gasteiger partial charge in [-0.1, -0.05) is 23.7 Å². The molecule has 1 N–H and O–H groups in total. The summed E-state index contributed by atoms with van der Waals surface area (Å²) in [5, 5.41) is 3.55. The molecule has 0 aliphatic carbocycles. The van der Waals surface area contributed by atoms with E-state index in [1.807, 2.05) is 45.0 Å². The van der Waals surface area contributed by atoms with Crippen LogP contribution in [0.25, 0.3) is 0 Å². The van der Waals surface area contributed by atoms with Crippen molar-refractivity contribution in [1.82, 2.24) is 0 Å². The second kappa shape index (κ2) is 6.89. The van der Waals surface area contributed by atoms with Crippen molar-refractivity contribution in [2.24, 2.45) is 5.92 Å². The number of hydrogen-bond donors (Lipinski definition) is 1. The van der Waals surface area contributed by atoms with Crippen LogP contribution in [0.3, 0.4) is 0 Å². The minimum Gasteiger partial charge on any atom is -0.326 e. The van der Waals surface area contributed by atoms with Gasteiger partial charge in [0, 0.05) is 29.4 Å². The summed E-state index contributed by atoms with van der Waals surface area (Å²) in [6.07, 6.45) is 0.210. The molecular formula is C20H21ClN2O2. The molecule has 0 aromatic heterocycles. The SMILES string of the molecule is Cc1cc(C)cc(NC(=O)[C@H]2CC(=O)N(c3ccc(C)c(Cl)c3)C2)c1. The Hall–Kier alpha value is -2.33. The van der Waals surface area contributed by atoms with Crippen molar-refractivity contribution in [2.75, 3.05) is 16.8 Å². The fraction of sp³-hybridized carbons (Fsp3) is 0.300. The van der Waals surface area contributed by atoms with Crippen molar-refractivity contribution in [3.05, 3.63) is 58.1 Å². The van der Waals surface area contributed by atoms with Crippen molar-refractivity contribution in [1.29, 1.82) is 0 Å². The average molecular weight is 357 g/mol. The fourth-order valence-corrected chi connectivity index (χ4v) is 3.35. The summed E-state index contributed by atoms with van der Waals surface area (Å²) in [6.45, 7) is 6.27. The molecule has 2 aromatic rings. The van der Waals surface area contributed by atoms with Gasteiger partial charge in [-0.15, -0.1) is 0 Å². The Balaban J connectivity index is 1.73. The summed E-state index contributed by atoms with van der Waals surface area (Å²) < 4.78 is 0. The molecular weight excluding hydrogens is 336 g/mol. The van der Waals surface area contributed by atoms with E-state index in [4.69, 9.17) is 11.6 Å². The number of amides is 2. The number of halogens is 1. The number of carbonyl (C=O) groups excluding carboxylic acids is 2. The predicted molar refractivity (Wildman–Crippen MR) is 101 cm³/mol. The van der Waals surface area contributed by atoms with Crippen LogP contribution < -0.4 is 10.2 Å². The highest BCUT2D eigenvalue weighted by Gasteiger charge is 2.35. The number of nitrogens with one attached hydrogen (secondary N) is 1. The highest BCUT2D eigenvalue weighted by molar-refractivity contribution is 6.31. The molecule has 1 fully saturated rings. The van der Waals surface area contributed by atoms with Crippen LogP contribution in [0.4, 0.5) is 11.4 Å². The molecule has 1 heterocycles. The van der Waals surface area contributed by atoms with Gasteiger partial charge in [-0.2, -0.15) is 0 Å². The molecule has 4 nitrogen and oxygen atoms in total. The van der Waals surface area contributed by atoms with Crippen LogP contribution in [0.1, 0.15) is 23.1 Å². The van der Waals surface area contributed by atoms with Gasteiger partial charge in [-0.3, -0.25) is 9.59 Å². The van der Waals surface area contributed by atoms with Crippen LogP contribution in [0.2, 0.25) is 5.02 Å². The first-order valence-electron chi connectivity index (χ1n) is 8.29. The van der Waals surface area contributed by atoms with Crippen LogP contribution in [-0.4, -0.2) is 18.4 Å². The Morgan fingerprint density at radius 2 is 1.80 bits per heavy atom. The summed E-state index contributed by atoms with van der Waals surface area (Å²) in [6, 6.07) is 11.4. The van der Waals surface area contributed by atoms with E-state index in [0.717, 1.165) is 28.1 Å². The van der Waals surface area contributed by atoms with E-state index in [9.17, 15) is 9.59 Å². The first-order chi connectivity index (χ1) is 11.8. The van der Waals surface area contributed by atoms with Crippen LogP contribution in [0, 0.1) is 26.7 Å². The van der Waals surface area contributed by atoms with Crippen molar-refractivity contribution in [3.63, 3.8) is 0 Å². The average Bonchev–Trinajstić information content (AvgIpc) is 2.91. The van der Waals surface area contributed by atoms with Crippen LogP contribution in [-0.2, 0) is 9.59 Å². The van der Waals surface area contributed by atoms with Crippen molar-refractivity contribution >= 4 is 34.8 Å². The smallest absolute Gasteiger partial charge is 0.229 e. The second-order valence-electron chi connectivity index (χ2n) is 6.70. The van der Waals surface area contributed by atoms with Crippen LogP contribution >= 0.6 is 11.6 Å². The number of carbonyl (C=O) groups is 2. The monoisotopic (exact) mass is 356 g/mol. The first kappa shape index (κ1) is 17.5. The zero-order valence-electron chi connectivity index (χ0n) is 14.6. The Kier molecular flexibility index (Phi) is 4.82. The number of rotatable bonds is 3. The highest BCUT2D eigenvalue weighted by Crippen LogP contribution is 2.29. The van der Waals surface area contributed by atoms with Gasteiger partial charge in [-0.25, -0.2) is 0 Å². The first-order valence-corrected chi connectivity index (χ1v) is 8.67. The zero-order valence-corrected chi connectivity index (χ0v) is 15.4. The Morgan fingerprint density at radius 1 is 1.12 bits per heavy atom. The van der Waals surface area contributed by atoms with E-state index in [1.54, 1.807) is 11.0 Å². The summed E-state index contributed by atoms with van der Waals surface area (Å²) in [5.74, 6) is -0.548. The van der Waals surface area contributed by atoms with Crippen molar-refractivity contribution < 1.29 is 9.59 Å². The van der Waals surface area contributed by atoms with Crippen LogP contribution in [0.15, 0.2) is 36.4 Å². The molecule has 1 atom stereocenters. The molecule has 5 heteroatoms. The number of benzene rings is 2. The van der Waals surface area contributed by atoms with Gasteiger partial charge >= 0.3 is 0 Å². The molecule has 1 aliphatic rings. The third kappa shape index (κ3) is 3.85. The molecule has 2 aromatic carbocycles. The van der Waals surface area contributed by atoms with E-state index >= 15 is 0 Å². The van der Waals surface area contributed by atoms with E-state index in [1.165, 1.54) is 0 Å². The molecule has 1 saturated heterocycles. The maximum atomic E-state index is 12.6. The number of anilines is 2. The molecule has 0 bridgehead atoms. The lowest BCUT2D eigenvalue weighted by molar-refractivity contribution is -0.122. The minimum atomic E-state index is -0.367. The predicted octanol–water partition coefficient (Wildman–Crippen LogP) is 4.26. The quantitative estimate of drug-likeness (QED) is 0.893. The maximum absolute atomic E-state index is 12.6.